The van der Waals surface area contributed by atoms with E-state index in [1.165, 1.54) is 20.3 Å². The van der Waals surface area contributed by atoms with Crippen molar-refractivity contribution in [2.24, 2.45) is 0 Å². The number of rotatable bonds is 3. The van der Waals surface area contributed by atoms with Crippen LogP contribution in [0.5, 0.6) is 11.5 Å². The summed E-state index contributed by atoms with van der Waals surface area (Å²) in [5.74, 6) is -0.530. The Morgan fingerprint density at radius 2 is 1.88 bits per heavy atom. The number of benzene rings is 1. The minimum atomic E-state index is -1.38. The van der Waals surface area contributed by atoms with Gasteiger partial charge >= 0.3 is 5.97 Å². The molecule has 1 aromatic carbocycles. The molecule has 0 heterocycles. The van der Waals surface area contributed by atoms with Crippen LogP contribution >= 0.6 is 0 Å². The van der Waals surface area contributed by atoms with E-state index in [0.717, 1.165) is 0 Å². The highest BCUT2D eigenvalue weighted by Gasteiger charge is 2.23. The Bertz CT molecular complexity index is 439. The number of ether oxygens (including phenoxy) is 2. The SMILES string of the molecule is COC(=O)C(O)c1cc(OC)c(O)c(C)c1C. The number of aliphatic hydroxyl groups excluding tert-OH is 1. The second kappa shape index (κ2) is 5.05. The predicted octanol–water partition coefficient (Wildman–Crippen LogP) is 1.22. The fourth-order valence-electron chi connectivity index (χ4n) is 1.57. The summed E-state index contributed by atoms with van der Waals surface area (Å²) in [6.07, 6.45) is -1.38. The summed E-state index contributed by atoms with van der Waals surface area (Å²) in [6, 6.07) is 1.43. The molecule has 17 heavy (non-hydrogen) atoms. The van der Waals surface area contributed by atoms with Crippen molar-refractivity contribution in [1.29, 1.82) is 0 Å². The molecule has 0 spiro atoms. The number of carbonyl (C=O) groups is 1. The molecule has 0 aliphatic rings. The van der Waals surface area contributed by atoms with Gasteiger partial charge in [-0.1, -0.05) is 0 Å². The van der Waals surface area contributed by atoms with Gasteiger partial charge in [-0.2, -0.15) is 0 Å². The van der Waals surface area contributed by atoms with Crippen LogP contribution in [0.3, 0.4) is 0 Å². The molecule has 0 saturated carbocycles. The summed E-state index contributed by atoms with van der Waals surface area (Å²) in [6.45, 7) is 3.39. The van der Waals surface area contributed by atoms with Gasteiger partial charge in [0.2, 0.25) is 0 Å². The Morgan fingerprint density at radius 1 is 1.29 bits per heavy atom. The molecule has 2 N–H and O–H groups in total. The summed E-state index contributed by atoms with van der Waals surface area (Å²) in [7, 11) is 2.60. The third-order valence-corrected chi connectivity index (χ3v) is 2.81. The molecule has 0 aliphatic carbocycles. The van der Waals surface area contributed by atoms with Gasteiger partial charge in [-0.25, -0.2) is 4.79 Å². The molecule has 1 atom stereocenters. The van der Waals surface area contributed by atoms with Crippen molar-refractivity contribution in [2.45, 2.75) is 20.0 Å². The van der Waals surface area contributed by atoms with Crippen LogP contribution < -0.4 is 4.74 Å². The predicted molar refractivity (Wildman–Crippen MR) is 61.1 cm³/mol. The van der Waals surface area contributed by atoms with E-state index in [9.17, 15) is 15.0 Å². The van der Waals surface area contributed by atoms with Crippen LogP contribution in [-0.2, 0) is 9.53 Å². The third-order valence-electron chi connectivity index (χ3n) is 2.81. The molecule has 0 fully saturated rings. The summed E-state index contributed by atoms with van der Waals surface area (Å²) in [4.78, 5) is 11.3. The summed E-state index contributed by atoms with van der Waals surface area (Å²) in [5, 5.41) is 19.6. The van der Waals surface area contributed by atoms with E-state index < -0.39 is 12.1 Å². The van der Waals surface area contributed by atoms with Crippen LogP contribution in [0.4, 0.5) is 0 Å². The molecular weight excluding hydrogens is 224 g/mol. The Morgan fingerprint density at radius 3 is 2.35 bits per heavy atom. The lowest BCUT2D eigenvalue weighted by molar-refractivity contribution is -0.150. The second-order valence-corrected chi connectivity index (χ2v) is 3.69. The molecule has 1 aromatic rings. The van der Waals surface area contributed by atoms with Crippen LogP contribution in [0.15, 0.2) is 6.07 Å². The highest BCUT2D eigenvalue weighted by molar-refractivity contribution is 5.77. The van der Waals surface area contributed by atoms with Gasteiger partial charge in [0, 0.05) is 0 Å². The Hall–Kier alpha value is -1.75. The minimum Gasteiger partial charge on any atom is -0.504 e. The number of hydrogen-bond donors (Lipinski definition) is 2. The highest BCUT2D eigenvalue weighted by Crippen LogP contribution is 2.36. The van der Waals surface area contributed by atoms with Gasteiger partial charge in [0.1, 0.15) is 0 Å². The first kappa shape index (κ1) is 13.3. The van der Waals surface area contributed by atoms with E-state index in [1.807, 2.05) is 0 Å². The molecular formula is C12H16O5. The monoisotopic (exact) mass is 240 g/mol. The van der Waals surface area contributed by atoms with Crippen LogP contribution in [0.25, 0.3) is 0 Å². The lowest BCUT2D eigenvalue weighted by atomic mass is 9.97. The summed E-state index contributed by atoms with van der Waals surface area (Å²) < 4.78 is 9.44. The first-order chi connectivity index (χ1) is 7.93. The van der Waals surface area contributed by atoms with Crippen molar-refractivity contribution in [3.63, 3.8) is 0 Å². The Labute approximate surface area is 99.6 Å². The van der Waals surface area contributed by atoms with Gasteiger partial charge in [-0.3, -0.25) is 0 Å². The number of esters is 1. The van der Waals surface area contributed by atoms with Gasteiger partial charge in [-0.15, -0.1) is 0 Å². The van der Waals surface area contributed by atoms with Crippen molar-refractivity contribution in [1.82, 2.24) is 0 Å². The standard InChI is InChI=1S/C12H16O5/c1-6-7(2)10(13)9(16-3)5-8(6)11(14)12(15)17-4/h5,11,13-14H,1-4H3. The highest BCUT2D eigenvalue weighted by atomic mass is 16.5. The van der Waals surface area contributed by atoms with E-state index in [4.69, 9.17) is 4.74 Å². The maximum atomic E-state index is 11.3. The molecule has 0 saturated heterocycles. The second-order valence-electron chi connectivity index (χ2n) is 3.69. The lowest BCUT2D eigenvalue weighted by Crippen LogP contribution is -2.15. The third kappa shape index (κ3) is 2.34. The molecule has 0 radical (unpaired) electrons. The van der Waals surface area contributed by atoms with Crippen molar-refractivity contribution < 1.29 is 24.5 Å². The van der Waals surface area contributed by atoms with Crippen molar-refractivity contribution >= 4 is 5.97 Å². The zero-order valence-corrected chi connectivity index (χ0v) is 10.3. The van der Waals surface area contributed by atoms with Gasteiger partial charge < -0.3 is 19.7 Å². The number of hydrogen-bond acceptors (Lipinski definition) is 5. The number of phenolic OH excluding ortho intramolecular Hbond substituents is 1. The fourth-order valence-corrected chi connectivity index (χ4v) is 1.57. The van der Waals surface area contributed by atoms with Gasteiger partial charge in [-0.05, 0) is 36.6 Å². The maximum Gasteiger partial charge on any atom is 0.339 e. The quantitative estimate of drug-likeness (QED) is 0.777. The van der Waals surface area contributed by atoms with E-state index in [1.54, 1.807) is 13.8 Å². The number of carbonyl (C=O) groups excluding carboxylic acids is 1. The van der Waals surface area contributed by atoms with Crippen LogP contribution in [0.2, 0.25) is 0 Å². The number of methoxy groups -OCH3 is 2. The molecule has 0 bridgehead atoms. The van der Waals surface area contributed by atoms with Gasteiger partial charge in [0.15, 0.2) is 17.6 Å². The van der Waals surface area contributed by atoms with Gasteiger partial charge in [0.05, 0.1) is 14.2 Å². The van der Waals surface area contributed by atoms with E-state index in [0.29, 0.717) is 16.7 Å². The van der Waals surface area contributed by atoms with Crippen molar-refractivity contribution in [3.8, 4) is 11.5 Å². The fraction of sp³-hybridized carbons (Fsp3) is 0.417. The Kier molecular flexibility index (Phi) is 3.96. The number of aromatic hydroxyl groups is 1. The summed E-state index contributed by atoms with van der Waals surface area (Å²) >= 11 is 0. The van der Waals surface area contributed by atoms with Crippen molar-refractivity contribution in [3.05, 3.63) is 22.8 Å². The van der Waals surface area contributed by atoms with E-state index >= 15 is 0 Å². The normalized spacial score (nSPS) is 12.1. The molecule has 1 rings (SSSR count). The minimum absolute atomic E-state index is 0.00539. The average molecular weight is 240 g/mol. The topological polar surface area (TPSA) is 76.0 Å². The molecule has 5 heteroatoms. The number of aliphatic hydroxyl groups is 1. The average Bonchev–Trinajstić information content (AvgIpc) is 2.34. The van der Waals surface area contributed by atoms with E-state index in [-0.39, 0.29) is 11.5 Å². The first-order valence-corrected chi connectivity index (χ1v) is 5.07. The zero-order valence-electron chi connectivity index (χ0n) is 10.3. The lowest BCUT2D eigenvalue weighted by Gasteiger charge is -2.16. The molecule has 5 nitrogen and oxygen atoms in total. The molecule has 0 aromatic heterocycles. The number of phenols is 1. The molecule has 94 valence electrons. The molecule has 0 aliphatic heterocycles. The molecule has 0 amide bonds. The smallest absolute Gasteiger partial charge is 0.339 e. The molecule has 1 unspecified atom stereocenters. The van der Waals surface area contributed by atoms with Crippen LogP contribution in [0.1, 0.15) is 22.8 Å². The van der Waals surface area contributed by atoms with Crippen LogP contribution in [-0.4, -0.2) is 30.4 Å². The zero-order chi connectivity index (χ0) is 13.2. The first-order valence-electron chi connectivity index (χ1n) is 5.07. The summed E-state index contributed by atoms with van der Waals surface area (Å²) in [5.41, 5.74) is 1.55. The van der Waals surface area contributed by atoms with Crippen LogP contribution in [0, 0.1) is 13.8 Å². The Balaban J connectivity index is 3.34. The van der Waals surface area contributed by atoms with Gasteiger partial charge in [0.25, 0.3) is 0 Å². The largest absolute Gasteiger partial charge is 0.504 e. The maximum absolute atomic E-state index is 11.3. The van der Waals surface area contributed by atoms with Crippen molar-refractivity contribution in [2.75, 3.05) is 14.2 Å². The van der Waals surface area contributed by atoms with E-state index in [2.05, 4.69) is 4.74 Å².